The first kappa shape index (κ1) is 22.0. The molecule has 160 valence electrons. The lowest BCUT2D eigenvalue weighted by Gasteiger charge is -2.31. The van der Waals surface area contributed by atoms with Crippen molar-refractivity contribution >= 4 is 31.9 Å². The average Bonchev–Trinajstić information content (AvgIpc) is 3.20. The molecule has 0 saturated carbocycles. The Labute approximate surface area is 179 Å². The Morgan fingerprint density at radius 1 is 1.38 bits per heavy atom. The van der Waals surface area contributed by atoms with Crippen LogP contribution in [-0.2, 0) is 28.4 Å². The molecule has 11 heteroatoms. The van der Waals surface area contributed by atoms with Gasteiger partial charge in [-0.15, -0.1) is 0 Å². The van der Waals surface area contributed by atoms with Crippen molar-refractivity contribution in [1.82, 2.24) is 29.2 Å². The molecule has 1 saturated heterocycles. The zero-order valence-electron chi connectivity index (χ0n) is 16.9. The molecule has 0 spiro atoms. The maximum absolute atomic E-state index is 13.0. The van der Waals surface area contributed by atoms with Crippen LogP contribution in [0.5, 0.6) is 0 Å². The zero-order valence-corrected chi connectivity index (χ0v) is 19.3. The summed E-state index contributed by atoms with van der Waals surface area (Å²) in [5.41, 5.74) is 1.53. The van der Waals surface area contributed by atoms with E-state index in [0.29, 0.717) is 38.2 Å². The van der Waals surface area contributed by atoms with Crippen LogP contribution in [0.15, 0.2) is 21.8 Å². The third kappa shape index (κ3) is 4.89. The number of rotatable bonds is 7. The summed E-state index contributed by atoms with van der Waals surface area (Å²) in [5.74, 6) is -0.428. The predicted molar refractivity (Wildman–Crippen MR) is 112 cm³/mol. The molecule has 1 aliphatic heterocycles. The van der Waals surface area contributed by atoms with E-state index in [4.69, 9.17) is 0 Å². The molecule has 0 aliphatic carbocycles. The number of halogens is 1. The molecule has 9 nitrogen and oxygen atoms in total. The highest BCUT2D eigenvalue weighted by Crippen LogP contribution is 2.25. The lowest BCUT2D eigenvalue weighted by atomic mass is 9.99. The second kappa shape index (κ2) is 8.97. The van der Waals surface area contributed by atoms with Gasteiger partial charge in [0.05, 0.1) is 28.0 Å². The van der Waals surface area contributed by atoms with Crippen LogP contribution in [0.4, 0.5) is 0 Å². The summed E-state index contributed by atoms with van der Waals surface area (Å²) in [7, 11) is -1.93. The van der Waals surface area contributed by atoms with Gasteiger partial charge in [0, 0.05) is 39.4 Å². The van der Waals surface area contributed by atoms with Crippen LogP contribution in [0.25, 0.3) is 0 Å². The van der Waals surface area contributed by atoms with Crippen LogP contribution >= 0.6 is 15.9 Å². The molecular weight excluding hydrogens is 460 g/mol. The number of carbonyl (C=O) groups excluding carboxylic acids is 1. The Morgan fingerprint density at radius 2 is 2.14 bits per heavy atom. The van der Waals surface area contributed by atoms with Gasteiger partial charge in [-0.2, -0.15) is 14.5 Å². The minimum Gasteiger partial charge on any atom is -0.356 e. The molecular formula is C18H27BrN6O3S. The molecule has 0 aromatic carbocycles. The van der Waals surface area contributed by atoms with Gasteiger partial charge in [-0.05, 0) is 49.0 Å². The SMILES string of the molecule is Cc1nn(CCCNC(=O)C2CCCN(S(=O)(=O)c3cnn(C)c3C)C2)cc1Br. The van der Waals surface area contributed by atoms with Gasteiger partial charge in [0.25, 0.3) is 0 Å². The van der Waals surface area contributed by atoms with E-state index in [2.05, 4.69) is 31.4 Å². The fourth-order valence-corrected chi connectivity index (χ4v) is 5.48. The standard InChI is InChI=1S/C18H27BrN6O3S/c1-13-16(19)12-24(22-13)8-5-7-20-18(26)15-6-4-9-25(11-15)29(27,28)17-10-21-23(3)14(17)2/h10,12,15H,4-9,11H2,1-3H3,(H,20,26). The van der Waals surface area contributed by atoms with E-state index in [1.54, 1.807) is 18.7 Å². The number of aryl methyl sites for hydroxylation is 3. The fraction of sp³-hybridized carbons (Fsp3) is 0.611. The molecule has 29 heavy (non-hydrogen) atoms. The normalized spacial score (nSPS) is 18.1. The summed E-state index contributed by atoms with van der Waals surface area (Å²) in [6, 6.07) is 0. The second-order valence-corrected chi connectivity index (χ2v) is 10.2. The molecule has 1 unspecified atom stereocenters. The summed E-state index contributed by atoms with van der Waals surface area (Å²) in [6.07, 6.45) is 5.40. The monoisotopic (exact) mass is 486 g/mol. The van der Waals surface area contributed by atoms with E-state index in [1.807, 2.05) is 17.8 Å². The van der Waals surface area contributed by atoms with Crippen LogP contribution in [-0.4, -0.2) is 57.8 Å². The van der Waals surface area contributed by atoms with Crippen molar-refractivity contribution in [3.05, 3.63) is 28.3 Å². The van der Waals surface area contributed by atoms with Crippen molar-refractivity contribution in [3.8, 4) is 0 Å². The summed E-state index contributed by atoms with van der Waals surface area (Å²) < 4.78 is 31.7. The molecule has 3 rings (SSSR count). The molecule has 1 amide bonds. The number of nitrogens with one attached hydrogen (secondary N) is 1. The first-order valence-electron chi connectivity index (χ1n) is 9.66. The van der Waals surface area contributed by atoms with E-state index in [1.165, 1.54) is 10.5 Å². The minimum atomic E-state index is -3.65. The molecule has 0 radical (unpaired) electrons. The number of amides is 1. The Morgan fingerprint density at radius 3 is 2.76 bits per heavy atom. The molecule has 1 aliphatic rings. The van der Waals surface area contributed by atoms with E-state index in [-0.39, 0.29) is 23.3 Å². The lowest BCUT2D eigenvalue weighted by Crippen LogP contribution is -2.45. The third-order valence-electron chi connectivity index (χ3n) is 5.31. The Kier molecular flexibility index (Phi) is 6.79. The van der Waals surface area contributed by atoms with Crippen molar-refractivity contribution in [2.24, 2.45) is 13.0 Å². The predicted octanol–water partition coefficient (Wildman–Crippen LogP) is 1.60. The lowest BCUT2D eigenvalue weighted by molar-refractivity contribution is -0.126. The van der Waals surface area contributed by atoms with Crippen LogP contribution in [0, 0.1) is 19.8 Å². The van der Waals surface area contributed by atoms with Crippen molar-refractivity contribution < 1.29 is 13.2 Å². The van der Waals surface area contributed by atoms with Crippen molar-refractivity contribution in [2.75, 3.05) is 19.6 Å². The van der Waals surface area contributed by atoms with E-state index in [9.17, 15) is 13.2 Å². The Bertz CT molecular complexity index is 964. The van der Waals surface area contributed by atoms with Gasteiger partial charge in [-0.25, -0.2) is 8.42 Å². The third-order valence-corrected chi connectivity index (χ3v) is 8.06. The maximum atomic E-state index is 13.0. The largest absolute Gasteiger partial charge is 0.356 e. The van der Waals surface area contributed by atoms with Gasteiger partial charge in [0.1, 0.15) is 4.90 Å². The number of aromatic nitrogens is 4. The van der Waals surface area contributed by atoms with Gasteiger partial charge < -0.3 is 5.32 Å². The topological polar surface area (TPSA) is 102 Å². The first-order chi connectivity index (χ1) is 13.7. The number of sulfonamides is 1. The van der Waals surface area contributed by atoms with Gasteiger partial charge >= 0.3 is 0 Å². The molecule has 1 fully saturated rings. The quantitative estimate of drug-likeness (QED) is 0.598. The number of hydrogen-bond donors (Lipinski definition) is 1. The van der Waals surface area contributed by atoms with Gasteiger partial charge in [0.2, 0.25) is 15.9 Å². The van der Waals surface area contributed by atoms with E-state index in [0.717, 1.165) is 16.6 Å². The zero-order chi connectivity index (χ0) is 21.2. The fourth-order valence-electron chi connectivity index (χ4n) is 3.45. The van der Waals surface area contributed by atoms with Gasteiger partial charge in [-0.3, -0.25) is 14.2 Å². The molecule has 1 atom stereocenters. The summed E-state index contributed by atoms with van der Waals surface area (Å²) in [4.78, 5) is 12.8. The van der Waals surface area contributed by atoms with Crippen LogP contribution in [0.2, 0.25) is 0 Å². The van der Waals surface area contributed by atoms with Crippen LogP contribution in [0.1, 0.15) is 30.7 Å². The number of carbonyl (C=O) groups is 1. The van der Waals surface area contributed by atoms with Crippen molar-refractivity contribution in [1.29, 1.82) is 0 Å². The second-order valence-electron chi connectivity index (χ2n) is 7.39. The Balaban J connectivity index is 1.53. The first-order valence-corrected chi connectivity index (χ1v) is 11.9. The van der Waals surface area contributed by atoms with Crippen molar-refractivity contribution in [3.63, 3.8) is 0 Å². The minimum absolute atomic E-state index is 0.0920. The van der Waals surface area contributed by atoms with Crippen molar-refractivity contribution in [2.45, 2.75) is 44.6 Å². The highest BCUT2D eigenvalue weighted by molar-refractivity contribution is 9.10. The molecule has 2 aromatic rings. The van der Waals surface area contributed by atoms with Crippen LogP contribution < -0.4 is 5.32 Å². The number of hydrogen-bond acceptors (Lipinski definition) is 5. The molecule has 3 heterocycles. The summed E-state index contributed by atoms with van der Waals surface area (Å²) >= 11 is 3.43. The highest BCUT2D eigenvalue weighted by Gasteiger charge is 2.34. The number of piperidine rings is 1. The van der Waals surface area contributed by atoms with E-state index >= 15 is 0 Å². The van der Waals surface area contributed by atoms with Gasteiger partial charge in [-0.1, -0.05) is 0 Å². The molecule has 1 N–H and O–H groups in total. The average molecular weight is 487 g/mol. The van der Waals surface area contributed by atoms with E-state index < -0.39 is 10.0 Å². The number of nitrogens with zero attached hydrogens (tertiary/aromatic N) is 5. The summed E-state index contributed by atoms with van der Waals surface area (Å²) in [6.45, 7) is 5.52. The van der Waals surface area contributed by atoms with Gasteiger partial charge in [0.15, 0.2) is 0 Å². The summed E-state index contributed by atoms with van der Waals surface area (Å²) in [5, 5.41) is 11.3. The van der Waals surface area contributed by atoms with Crippen LogP contribution in [0.3, 0.4) is 0 Å². The molecule has 0 bridgehead atoms. The maximum Gasteiger partial charge on any atom is 0.246 e. The Hall–Kier alpha value is -1.72. The smallest absolute Gasteiger partial charge is 0.246 e. The molecule has 2 aromatic heterocycles. The highest BCUT2D eigenvalue weighted by atomic mass is 79.9.